The molecule has 0 radical (unpaired) electrons. The smallest absolute Gasteiger partial charge is 0.273 e. The van der Waals surface area contributed by atoms with Crippen molar-refractivity contribution in [2.45, 2.75) is 11.8 Å². The summed E-state index contributed by atoms with van der Waals surface area (Å²) >= 11 is 0. The number of ether oxygens (including phenoxy) is 1. The van der Waals surface area contributed by atoms with Crippen LogP contribution in [0.1, 0.15) is 5.56 Å². The Labute approximate surface area is 111 Å². The molecule has 1 heterocycles. The number of rotatable bonds is 3. The largest absolute Gasteiger partial charge is 0.379 e. The van der Waals surface area contributed by atoms with E-state index in [9.17, 15) is 18.5 Å². The average molecular weight is 286 g/mol. The molecule has 1 fully saturated rings. The molecule has 0 atom stereocenters. The number of nitro groups is 1. The minimum Gasteiger partial charge on any atom is -0.379 e. The van der Waals surface area contributed by atoms with Crippen molar-refractivity contribution in [1.29, 1.82) is 0 Å². The highest BCUT2D eigenvalue weighted by Gasteiger charge is 2.28. The lowest BCUT2D eigenvalue weighted by Gasteiger charge is -2.26. The third kappa shape index (κ3) is 2.75. The summed E-state index contributed by atoms with van der Waals surface area (Å²) in [4.78, 5) is 10.2. The van der Waals surface area contributed by atoms with Crippen molar-refractivity contribution in [2.75, 3.05) is 26.3 Å². The molecule has 1 aromatic carbocycles. The number of benzene rings is 1. The minimum atomic E-state index is -3.69. The van der Waals surface area contributed by atoms with E-state index < -0.39 is 14.9 Å². The number of nitrogens with zero attached hydrogens (tertiary/aromatic N) is 2. The Morgan fingerprint density at radius 2 is 1.95 bits per heavy atom. The fraction of sp³-hybridized carbons (Fsp3) is 0.455. The molecule has 0 aromatic heterocycles. The number of hydrogen-bond acceptors (Lipinski definition) is 5. The highest BCUT2D eigenvalue weighted by atomic mass is 32.2. The first kappa shape index (κ1) is 13.9. The fourth-order valence-electron chi connectivity index (χ4n) is 1.88. The molecule has 0 amide bonds. The maximum absolute atomic E-state index is 12.3. The molecule has 1 aliphatic rings. The van der Waals surface area contributed by atoms with E-state index in [4.69, 9.17) is 4.74 Å². The van der Waals surface area contributed by atoms with Crippen molar-refractivity contribution in [3.05, 3.63) is 33.9 Å². The van der Waals surface area contributed by atoms with Crippen LogP contribution >= 0.6 is 0 Å². The molecule has 1 aliphatic heterocycles. The summed E-state index contributed by atoms with van der Waals surface area (Å²) in [5.41, 5.74) is 0.250. The summed E-state index contributed by atoms with van der Waals surface area (Å²) in [6, 6.07) is 3.96. The zero-order chi connectivity index (χ0) is 14.0. The lowest BCUT2D eigenvalue weighted by atomic mass is 10.2. The number of sulfonamides is 1. The van der Waals surface area contributed by atoms with E-state index in [0.29, 0.717) is 18.8 Å². The average Bonchev–Trinajstić information content (AvgIpc) is 2.39. The molecule has 2 rings (SSSR count). The van der Waals surface area contributed by atoms with Gasteiger partial charge in [-0.1, -0.05) is 6.07 Å². The zero-order valence-corrected chi connectivity index (χ0v) is 11.2. The van der Waals surface area contributed by atoms with E-state index in [1.165, 1.54) is 16.4 Å². The number of aryl methyl sites for hydroxylation is 1. The Kier molecular flexibility index (Phi) is 3.83. The Bertz CT molecular complexity index is 593. The van der Waals surface area contributed by atoms with Crippen LogP contribution in [0.25, 0.3) is 0 Å². The highest BCUT2D eigenvalue weighted by molar-refractivity contribution is 7.89. The lowest BCUT2D eigenvalue weighted by molar-refractivity contribution is -0.385. The van der Waals surface area contributed by atoms with Gasteiger partial charge in [-0.15, -0.1) is 0 Å². The van der Waals surface area contributed by atoms with E-state index in [-0.39, 0.29) is 23.7 Å². The van der Waals surface area contributed by atoms with Crippen molar-refractivity contribution < 1.29 is 18.1 Å². The van der Waals surface area contributed by atoms with E-state index in [1.807, 2.05) is 0 Å². The van der Waals surface area contributed by atoms with Crippen LogP contribution in [0.15, 0.2) is 23.1 Å². The van der Waals surface area contributed by atoms with Crippen LogP contribution < -0.4 is 0 Å². The van der Waals surface area contributed by atoms with Crippen LogP contribution in [0.4, 0.5) is 5.69 Å². The molecular weight excluding hydrogens is 272 g/mol. The van der Waals surface area contributed by atoms with Crippen LogP contribution in [0.2, 0.25) is 0 Å². The molecule has 0 spiro atoms. The van der Waals surface area contributed by atoms with Gasteiger partial charge in [-0.3, -0.25) is 10.1 Å². The van der Waals surface area contributed by atoms with Crippen molar-refractivity contribution in [2.24, 2.45) is 0 Å². The maximum atomic E-state index is 12.3. The van der Waals surface area contributed by atoms with Crippen molar-refractivity contribution in [3.63, 3.8) is 0 Å². The standard InChI is InChI=1S/C11H14N2O5S/c1-9-2-3-10(8-11(9)13(14)15)19(16,17)12-4-6-18-7-5-12/h2-3,8H,4-7H2,1H3. The summed E-state index contributed by atoms with van der Waals surface area (Å²) in [5, 5.41) is 10.9. The maximum Gasteiger partial charge on any atom is 0.273 e. The SMILES string of the molecule is Cc1ccc(S(=O)(=O)N2CCOCC2)cc1[N+](=O)[O-]. The van der Waals surface area contributed by atoms with Crippen LogP contribution in [-0.4, -0.2) is 43.9 Å². The van der Waals surface area contributed by atoms with Gasteiger partial charge in [0, 0.05) is 24.7 Å². The Balaban J connectivity index is 2.40. The van der Waals surface area contributed by atoms with Gasteiger partial charge >= 0.3 is 0 Å². The third-order valence-corrected chi connectivity index (χ3v) is 4.88. The molecule has 0 bridgehead atoms. The number of hydrogen-bond donors (Lipinski definition) is 0. The first-order valence-corrected chi connectivity index (χ1v) is 7.20. The first-order chi connectivity index (χ1) is 8.93. The molecule has 8 heteroatoms. The van der Waals surface area contributed by atoms with Crippen LogP contribution in [-0.2, 0) is 14.8 Å². The van der Waals surface area contributed by atoms with Gasteiger partial charge < -0.3 is 4.74 Å². The third-order valence-electron chi connectivity index (χ3n) is 2.99. The summed E-state index contributed by atoms with van der Waals surface area (Å²) in [5.74, 6) is 0. The number of morpholine rings is 1. The summed E-state index contributed by atoms with van der Waals surface area (Å²) in [6.45, 7) is 2.79. The molecule has 1 aromatic rings. The Morgan fingerprint density at radius 3 is 2.53 bits per heavy atom. The molecule has 0 aliphatic carbocycles. The number of nitro benzene ring substituents is 1. The first-order valence-electron chi connectivity index (χ1n) is 5.76. The molecule has 0 saturated carbocycles. The quantitative estimate of drug-likeness (QED) is 0.609. The summed E-state index contributed by atoms with van der Waals surface area (Å²) in [7, 11) is -3.69. The van der Waals surface area contributed by atoms with Crippen LogP contribution in [0.3, 0.4) is 0 Å². The van der Waals surface area contributed by atoms with Crippen molar-refractivity contribution in [1.82, 2.24) is 4.31 Å². The molecule has 19 heavy (non-hydrogen) atoms. The van der Waals surface area contributed by atoms with Gasteiger partial charge in [-0.05, 0) is 13.0 Å². The van der Waals surface area contributed by atoms with Gasteiger partial charge in [0.15, 0.2) is 0 Å². The monoisotopic (exact) mass is 286 g/mol. The second kappa shape index (κ2) is 5.24. The van der Waals surface area contributed by atoms with Gasteiger partial charge in [0.05, 0.1) is 23.0 Å². The Morgan fingerprint density at radius 1 is 1.32 bits per heavy atom. The van der Waals surface area contributed by atoms with Crippen LogP contribution in [0, 0.1) is 17.0 Å². The van der Waals surface area contributed by atoms with E-state index in [1.54, 1.807) is 6.92 Å². The van der Waals surface area contributed by atoms with E-state index in [2.05, 4.69) is 0 Å². The molecule has 1 saturated heterocycles. The lowest BCUT2D eigenvalue weighted by Crippen LogP contribution is -2.40. The molecular formula is C11H14N2O5S. The summed E-state index contributed by atoms with van der Waals surface area (Å²) in [6.07, 6.45) is 0. The van der Waals surface area contributed by atoms with Crippen molar-refractivity contribution in [3.8, 4) is 0 Å². The zero-order valence-electron chi connectivity index (χ0n) is 10.4. The van der Waals surface area contributed by atoms with Gasteiger partial charge in [0.1, 0.15) is 0 Å². The van der Waals surface area contributed by atoms with Crippen molar-refractivity contribution >= 4 is 15.7 Å². The van der Waals surface area contributed by atoms with E-state index >= 15 is 0 Å². The molecule has 104 valence electrons. The van der Waals surface area contributed by atoms with E-state index in [0.717, 1.165) is 6.07 Å². The van der Waals surface area contributed by atoms with Crippen LogP contribution in [0.5, 0.6) is 0 Å². The van der Waals surface area contributed by atoms with Gasteiger partial charge in [0.25, 0.3) is 5.69 Å². The van der Waals surface area contributed by atoms with Gasteiger partial charge in [-0.2, -0.15) is 4.31 Å². The molecule has 0 unspecified atom stereocenters. The second-order valence-electron chi connectivity index (χ2n) is 4.22. The normalized spacial score (nSPS) is 17.3. The fourth-order valence-corrected chi connectivity index (χ4v) is 3.31. The second-order valence-corrected chi connectivity index (χ2v) is 6.16. The topological polar surface area (TPSA) is 89.8 Å². The van der Waals surface area contributed by atoms with Gasteiger partial charge in [0.2, 0.25) is 10.0 Å². The highest BCUT2D eigenvalue weighted by Crippen LogP contribution is 2.24. The minimum absolute atomic E-state index is 0.0494. The van der Waals surface area contributed by atoms with Gasteiger partial charge in [-0.25, -0.2) is 8.42 Å². The Hall–Kier alpha value is -1.51. The predicted molar refractivity (Wildman–Crippen MR) is 67.4 cm³/mol. The molecule has 7 nitrogen and oxygen atoms in total. The predicted octanol–water partition coefficient (Wildman–Crippen LogP) is 0.924. The molecule has 0 N–H and O–H groups in total. The summed E-state index contributed by atoms with van der Waals surface area (Å²) < 4.78 is 31.0.